The van der Waals surface area contributed by atoms with Crippen LogP contribution in [0.1, 0.15) is 38.3 Å². The Morgan fingerprint density at radius 1 is 1.10 bits per heavy atom. The van der Waals surface area contributed by atoms with E-state index in [1.54, 1.807) is 0 Å². The van der Waals surface area contributed by atoms with Crippen molar-refractivity contribution in [3.8, 4) is 0 Å². The molecule has 0 bridgehead atoms. The van der Waals surface area contributed by atoms with Crippen molar-refractivity contribution in [2.75, 3.05) is 17.3 Å². The molecule has 0 N–H and O–H groups in total. The minimum absolute atomic E-state index is 0.00423. The monoisotopic (exact) mass is 578 g/mol. The number of hydrogen-bond donors (Lipinski definition) is 0. The molecule has 0 saturated heterocycles. The van der Waals surface area contributed by atoms with Crippen LogP contribution in [0, 0.1) is 21.7 Å². The van der Waals surface area contributed by atoms with Gasteiger partial charge in [0.1, 0.15) is 18.2 Å². The Morgan fingerprint density at radius 3 is 2.56 bits per heavy atom. The maximum absolute atomic E-state index is 14.5. The number of carbonyl (C=O) groups is 2. The molecule has 0 aromatic heterocycles. The molecule has 0 fully saturated rings. The van der Waals surface area contributed by atoms with Crippen molar-refractivity contribution in [2.24, 2.45) is 0 Å². The maximum Gasteiger partial charge on any atom is 0.339 e. The number of benzene rings is 3. The van der Waals surface area contributed by atoms with Gasteiger partial charge in [0.15, 0.2) is 12.5 Å². The molecule has 14 heteroatoms. The average molecular weight is 579 g/mol. The van der Waals surface area contributed by atoms with E-state index in [2.05, 4.69) is 4.84 Å². The lowest BCUT2D eigenvalue weighted by molar-refractivity contribution is -0.763. The smallest absolute Gasteiger partial charge is 0.339 e. The van der Waals surface area contributed by atoms with Gasteiger partial charge in [0.05, 0.1) is 17.5 Å². The molecule has 3 aromatic carbocycles. The van der Waals surface area contributed by atoms with Crippen LogP contribution in [0.5, 0.6) is 0 Å². The summed E-state index contributed by atoms with van der Waals surface area (Å²) in [5.74, 6) is -2.74. The number of aryl methyl sites for hydroxylation is 1. The van der Waals surface area contributed by atoms with Gasteiger partial charge in [-0.15, -0.1) is 10.1 Å². The zero-order valence-corrected chi connectivity index (χ0v) is 21.9. The summed E-state index contributed by atoms with van der Waals surface area (Å²) in [6.45, 7) is -1.17. The molecule has 0 saturated carbocycles. The minimum atomic E-state index is -4.08. The van der Waals surface area contributed by atoms with E-state index < -0.39 is 46.1 Å². The molecular formula is C25H20F2N2O8S2. The Balaban J connectivity index is 1.66. The first kappa shape index (κ1) is 28.0. The summed E-state index contributed by atoms with van der Waals surface area (Å²) in [4.78, 5) is 40.0. The normalized spacial score (nSPS) is 12.6. The Bertz CT molecular complexity index is 1580. The molecule has 0 unspecified atom stereocenters. The highest BCUT2D eigenvalue weighted by atomic mass is 32.2. The number of sulfonamides is 1. The number of fused-ring (bicyclic) bond motifs is 1. The molecule has 0 heterocycles. The van der Waals surface area contributed by atoms with Gasteiger partial charge < -0.3 is 9.57 Å². The highest BCUT2D eigenvalue weighted by molar-refractivity contribution is 7.99. The molecule has 0 aliphatic heterocycles. The lowest BCUT2D eigenvalue weighted by Gasteiger charge is -2.25. The van der Waals surface area contributed by atoms with Crippen LogP contribution < -0.4 is 4.31 Å². The molecule has 1 aliphatic rings. The van der Waals surface area contributed by atoms with Crippen molar-refractivity contribution in [1.29, 1.82) is 0 Å². The van der Waals surface area contributed by atoms with Crippen LogP contribution in [0.4, 0.5) is 14.5 Å². The maximum atomic E-state index is 14.5. The molecule has 0 radical (unpaired) electrons. The Morgan fingerprint density at radius 2 is 1.87 bits per heavy atom. The van der Waals surface area contributed by atoms with Crippen LogP contribution in [0.15, 0.2) is 64.4 Å². The Hall–Kier alpha value is -4.04. The molecule has 0 amide bonds. The van der Waals surface area contributed by atoms with Crippen molar-refractivity contribution in [2.45, 2.75) is 29.2 Å². The quantitative estimate of drug-likeness (QED) is 0.147. The molecule has 10 nitrogen and oxygen atoms in total. The van der Waals surface area contributed by atoms with Gasteiger partial charge in [-0.3, -0.25) is 4.79 Å². The third kappa shape index (κ3) is 6.70. The van der Waals surface area contributed by atoms with Crippen molar-refractivity contribution < 1.29 is 41.4 Å². The van der Waals surface area contributed by atoms with E-state index in [4.69, 9.17) is 4.74 Å². The van der Waals surface area contributed by atoms with Gasteiger partial charge in [-0.05, 0) is 53.9 Å². The standard InChI is InChI=1S/C25H20F2N2O8S2/c1-39(34,35)28(14-36-25(31)17-4-2-3-15(9-17)13-37-29(32)33)21-10-16-5-7-22(30)19(16)12-24(21)38-23-8-6-18(26)11-20(23)27/h2-4,6,8-12H,5,7,13-14H2,1H3. The molecular weight excluding hydrogens is 558 g/mol. The number of ketones is 1. The molecule has 0 spiro atoms. The number of ether oxygens (including phenoxy) is 1. The average Bonchev–Trinajstić information content (AvgIpc) is 3.23. The first-order valence-electron chi connectivity index (χ1n) is 11.3. The summed E-state index contributed by atoms with van der Waals surface area (Å²) in [5, 5.41) is 9.45. The zero-order chi connectivity index (χ0) is 28.3. The summed E-state index contributed by atoms with van der Waals surface area (Å²) in [5.41, 5.74) is 1.29. The molecule has 1 aliphatic carbocycles. The second-order valence-corrected chi connectivity index (χ2v) is 11.4. The summed E-state index contributed by atoms with van der Waals surface area (Å²) >= 11 is 0.793. The van der Waals surface area contributed by atoms with E-state index >= 15 is 0 Å². The van der Waals surface area contributed by atoms with E-state index in [-0.39, 0.29) is 33.2 Å². The molecule has 4 rings (SSSR count). The summed E-state index contributed by atoms with van der Waals surface area (Å²) in [7, 11) is -4.08. The lowest BCUT2D eigenvalue weighted by atomic mass is 10.1. The van der Waals surface area contributed by atoms with Crippen LogP contribution in [-0.4, -0.2) is 38.2 Å². The van der Waals surface area contributed by atoms with E-state index in [1.807, 2.05) is 0 Å². The first-order chi connectivity index (χ1) is 18.4. The number of hydrogen-bond acceptors (Lipinski definition) is 9. The molecule has 204 valence electrons. The van der Waals surface area contributed by atoms with E-state index in [0.29, 0.717) is 29.2 Å². The van der Waals surface area contributed by atoms with Gasteiger partial charge in [-0.1, -0.05) is 23.9 Å². The van der Waals surface area contributed by atoms with Crippen molar-refractivity contribution in [1.82, 2.24) is 0 Å². The van der Waals surface area contributed by atoms with Gasteiger partial charge in [0, 0.05) is 27.8 Å². The van der Waals surface area contributed by atoms with Crippen LogP contribution in [-0.2, 0) is 32.6 Å². The summed E-state index contributed by atoms with van der Waals surface area (Å²) < 4.78 is 59.6. The summed E-state index contributed by atoms with van der Waals surface area (Å²) in [6, 6.07) is 11.5. The largest absolute Gasteiger partial charge is 0.440 e. The minimum Gasteiger partial charge on any atom is -0.440 e. The van der Waals surface area contributed by atoms with Crippen molar-refractivity contribution in [3.05, 3.63) is 98.6 Å². The number of carbonyl (C=O) groups excluding carboxylic acids is 2. The second kappa shape index (κ2) is 11.4. The third-order valence-electron chi connectivity index (χ3n) is 5.70. The van der Waals surface area contributed by atoms with Crippen LogP contribution in [0.25, 0.3) is 0 Å². The highest BCUT2D eigenvalue weighted by Crippen LogP contribution is 2.41. The molecule has 0 atom stereocenters. The number of rotatable bonds is 10. The predicted octanol–water partition coefficient (Wildman–Crippen LogP) is 4.53. The predicted molar refractivity (Wildman–Crippen MR) is 135 cm³/mol. The van der Waals surface area contributed by atoms with E-state index in [0.717, 1.165) is 28.4 Å². The van der Waals surface area contributed by atoms with E-state index in [1.165, 1.54) is 42.5 Å². The van der Waals surface area contributed by atoms with Gasteiger partial charge in [-0.2, -0.15) is 0 Å². The van der Waals surface area contributed by atoms with Crippen LogP contribution >= 0.6 is 11.8 Å². The van der Waals surface area contributed by atoms with Crippen LogP contribution in [0.3, 0.4) is 0 Å². The van der Waals surface area contributed by atoms with Crippen molar-refractivity contribution >= 4 is 39.2 Å². The number of anilines is 1. The molecule has 39 heavy (non-hydrogen) atoms. The number of nitrogens with zero attached hydrogens (tertiary/aromatic N) is 2. The SMILES string of the molecule is CS(=O)(=O)N(COC(=O)c1cccc(CO[N+](=O)[O-])c1)c1cc2c(cc1Sc1ccc(F)cc1F)C(=O)CC2. The topological polar surface area (TPSA) is 133 Å². The van der Waals surface area contributed by atoms with Gasteiger partial charge in [-0.25, -0.2) is 26.3 Å². The van der Waals surface area contributed by atoms with Gasteiger partial charge >= 0.3 is 5.97 Å². The number of esters is 1. The second-order valence-electron chi connectivity index (χ2n) is 8.45. The summed E-state index contributed by atoms with van der Waals surface area (Å²) in [6.07, 6.45) is 1.48. The highest BCUT2D eigenvalue weighted by Gasteiger charge is 2.28. The fourth-order valence-electron chi connectivity index (χ4n) is 3.87. The fourth-order valence-corrected chi connectivity index (χ4v) is 5.66. The number of Topliss-reactive ketones (excluding diaryl/α,β-unsaturated/α-hetero) is 1. The third-order valence-corrected chi connectivity index (χ3v) is 7.90. The van der Waals surface area contributed by atoms with Crippen LogP contribution in [0.2, 0.25) is 0 Å². The van der Waals surface area contributed by atoms with E-state index in [9.17, 15) is 36.9 Å². The Labute approximate surface area is 225 Å². The lowest BCUT2D eigenvalue weighted by Crippen LogP contribution is -2.34. The van der Waals surface area contributed by atoms with Crippen molar-refractivity contribution in [3.63, 3.8) is 0 Å². The van der Waals surface area contributed by atoms with Gasteiger partial charge in [0.25, 0.3) is 5.09 Å². The zero-order valence-electron chi connectivity index (χ0n) is 20.3. The number of halogens is 2. The molecule has 3 aromatic rings. The van der Waals surface area contributed by atoms with Gasteiger partial charge in [0.2, 0.25) is 10.0 Å². The fraction of sp³-hybridized carbons (Fsp3) is 0.200. The first-order valence-corrected chi connectivity index (χ1v) is 13.9. The Kier molecular flexibility index (Phi) is 8.16.